The molecule has 61 heavy (non-hydrogen) atoms. The highest BCUT2D eigenvalue weighted by molar-refractivity contribution is 6.04. The van der Waals surface area contributed by atoms with Crippen LogP contribution >= 0.6 is 11.9 Å². The van der Waals surface area contributed by atoms with E-state index >= 15 is 0 Å². The van der Waals surface area contributed by atoms with Crippen molar-refractivity contribution in [2.75, 3.05) is 0 Å². The second-order valence-corrected chi connectivity index (χ2v) is 12.0. The van der Waals surface area contributed by atoms with Crippen LogP contribution in [0.25, 0.3) is 0 Å². The van der Waals surface area contributed by atoms with Gasteiger partial charge in [0.25, 0.3) is 0 Å². The Balaban J connectivity index is -0.000000678. The first-order chi connectivity index (χ1) is 27.7. The first kappa shape index (κ1) is 58.1. The van der Waals surface area contributed by atoms with Crippen molar-refractivity contribution in [3.05, 3.63) is 113 Å². The van der Waals surface area contributed by atoms with Gasteiger partial charge in [0.05, 0.1) is 17.4 Å². The van der Waals surface area contributed by atoms with Crippen molar-refractivity contribution in [2.24, 2.45) is 0 Å². The molecule has 5 aromatic carbocycles. The molecule has 0 unspecified atom stereocenters. The fourth-order valence-electron chi connectivity index (χ4n) is 4.38. The number of hydrogen-bond donors (Lipinski definition) is 12. The lowest BCUT2D eigenvalue weighted by Gasteiger charge is -2.02. The number of benzene rings is 5. The predicted octanol–water partition coefficient (Wildman–Crippen LogP) is 5.13. The lowest BCUT2D eigenvalue weighted by Crippen LogP contribution is -1.96. The van der Waals surface area contributed by atoms with E-state index in [9.17, 15) is 29.4 Å². The van der Waals surface area contributed by atoms with E-state index < -0.39 is 0 Å². The summed E-state index contributed by atoms with van der Waals surface area (Å²) in [5.41, 5.74) is 1.85. The zero-order valence-corrected chi connectivity index (χ0v) is 34.1. The van der Waals surface area contributed by atoms with Crippen molar-refractivity contribution < 1.29 is 91.0 Å². The van der Waals surface area contributed by atoms with Gasteiger partial charge in [-0.25, -0.2) is 0 Å². The van der Waals surface area contributed by atoms with Gasteiger partial charge >= 0.3 is 0 Å². The Labute approximate surface area is 355 Å². The molecule has 0 saturated heterocycles. The summed E-state index contributed by atoms with van der Waals surface area (Å²) in [4.78, 5) is 43.5. The molecule has 0 aliphatic heterocycles. The molecule has 5 aromatic rings. The van der Waals surface area contributed by atoms with E-state index in [1.54, 1.807) is 32.0 Å². The van der Waals surface area contributed by atoms with Crippen LogP contribution in [-0.4, -0.2) is 94.9 Å². The minimum absolute atomic E-state index is 0. The van der Waals surface area contributed by atoms with Gasteiger partial charge in [0.1, 0.15) is 40.3 Å². The molecule has 18 nitrogen and oxygen atoms in total. The van der Waals surface area contributed by atoms with Gasteiger partial charge in [-0.15, -0.1) is 0 Å². The third kappa shape index (κ3) is 22.5. The average Bonchev–Trinajstić information content (AvgIpc) is 3.16. The van der Waals surface area contributed by atoms with Crippen LogP contribution in [0.2, 0.25) is 0 Å². The van der Waals surface area contributed by atoms with Gasteiger partial charge in [0.2, 0.25) is 0 Å². The molecule has 0 fully saturated rings. The average molecular weight is 879 g/mol. The van der Waals surface area contributed by atoms with Crippen LogP contribution in [-0.2, 0) is 22.4 Å². The van der Waals surface area contributed by atoms with Gasteiger partial charge in [-0.05, 0) is 67.9 Å². The molecular weight excluding hydrogens is 828 g/mol. The molecule has 16 N–H and O–H groups in total. The number of hydrogen-bond acceptors (Lipinski definition) is 16. The number of carbonyl (C=O) groups excluding carboxylic acids is 4. The molecule has 0 aromatic heterocycles. The number of aromatic hydroxyl groups is 11. The lowest BCUT2D eigenvalue weighted by atomic mass is 10.1. The molecule has 0 atom stereocenters. The molecule has 0 saturated carbocycles. The van der Waals surface area contributed by atoms with Crippen molar-refractivity contribution >= 4 is 35.0 Å². The van der Waals surface area contributed by atoms with Gasteiger partial charge in [-0.2, -0.15) is 0 Å². The second-order valence-electron chi connectivity index (χ2n) is 12.0. The van der Waals surface area contributed by atoms with Crippen molar-refractivity contribution in [3.8, 4) is 63.2 Å². The molecule has 0 aliphatic rings. The third-order valence-corrected chi connectivity index (χ3v) is 7.14. The number of ketones is 4. The number of rotatable bonds is 8. The quantitative estimate of drug-likeness (QED) is 0.0710. The molecule has 5 rings (SSSR count). The number of Topliss-reactive ketones (excluding diaryl/α,β-unsaturated/α-hetero) is 4. The summed E-state index contributed by atoms with van der Waals surface area (Å²) in [6, 6.07) is 20.4. The first-order valence-corrected chi connectivity index (χ1v) is 17.5. The largest absolute Gasteiger partial charge is 0.508 e. The zero-order chi connectivity index (χ0) is 45.4. The first-order valence-electron chi connectivity index (χ1n) is 17.2. The van der Waals surface area contributed by atoms with E-state index in [4.69, 9.17) is 50.6 Å². The molecule has 334 valence electrons. The summed E-state index contributed by atoms with van der Waals surface area (Å²) in [6.07, 6.45) is 1.18. The molecule has 0 aliphatic carbocycles. The summed E-state index contributed by atoms with van der Waals surface area (Å²) >= 11 is 3.64. The Morgan fingerprint density at radius 3 is 1.36 bits per heavy atom. The van der Waals surface area contributed by atoms with Crippen LogP contribution in [0.4, 0.5) is 0 Å². The van der Waals surface area contributed by atoms with Crippen molar-refractivity contribution in [1.29, 1.82) is 0 Å². The lowest BCUT2D eigenvalue weighted by molar-refractivity contribution is -0.117. The standard InChI is InChI=1S/4C9H10O3.C6H6O3.ClHO.2H2O/c1-6(10)4-7-2-3-8(11)9(12)5-7;1-6(10)5-7-3-2-4-8(11)9(7)12;1-2-8(11)7-4-3-6(10)5-9(7)12;1-2-7(10)6-3-4-8(11)9(12)5-6;7-4-1-5(8)3-6(9)2-4;1-2;;/h2-3,5,11-12H,4H2,1H3;2-4,11-12H,5H2,1H3;3-5,10,12H,2H2,1H3;3-5,11-12H,2H2,1H3;1-3,7-9H;2H;2*1H2. The summed E-state index contributed by atoms with van der Waals surface area (Å²) in [6.45, 7) is 6.37. The maximum absolute atomic E-state index is 11.1. The van der Waals surface area contributed by atoms with Gasteiger partial charge in [-0.1, -0.05) is 32.0 Å². The zero-order valence-electron chi connectivity index (χ0n) is 33.4. The van der Waals surface area contributed by atoms with Crippen LogP contribution in [0.5, 0.6) is 63.2 Å². The Morgan fingerprint density at radius 1 is 0.459 bits per heavy atom. The predicted molar refractivity (Wildman–Crippen MR) is 224 cm³/mol. The highest BCUT2D eigenvalue weighted by Crippen LogP contribution is 2.29. The molecule has 19 heteroatoms. The van der Waals surface area contributed by atoms with E-state index in [1.807, 2.05) is 0 Å². The second kappa shape index (κ2) is 29.9. The maximum atomic E-state index is 11.1. The van der Waals surface area contributed by atoms with Gasteiger partial charge in [0.15, 0.2) is 46.1 Å². The Morgan fingerprint density at radius 2 is 0.934 bits per heavy atom. The molecule has 0 radical (unpaired) electrons. The number of halogens is 1. The molecule has 0 heterocycles. The summed E-state index contributed by atoms with van der Waals surface area (Å²) < 4.78 is 6.47. The summed E-state index contributed by atoms with van der Waals surface area (Å²) in [5.74, 6) is -2.04. The monoisotopic (exact) mass is 878 g/mol. The SMILES string of the molecule is CC(=O)Cc1ccc(O)c(O)c1.CC(=O)Cc1cccc(O)c1O.CCC(=O)c1ccc(O)c(O)c1.CCC(=O)c1ccc(O)cc1O.O.O.OCl.Oc1cc(O)cc(O)c1. The number of phenols is 11. The Hall–Kier alpha value is -7.25. The van der Waals surface area contributed by atoms with Crippen molar-refractivity contribution in [1.82, 2.24) is 0 Å². The van der Waals surface area contributed by atoms with Gasteiger partial charge in [0, 0.05) is 61.1 Å². The number of carbonyl (C=O) groups is 4. The van der Waals surface area contributed by atoms with Crippen LogP contribution in [0, 0.1) is 0 Å². The van der Waals surface area contributed by atoms with Crippen molar-refractivity contribution in [2.45, 2.75) is 53.4 Å². The Bertz CT molecular complexity index is 2100. The smallest absolute Gasteiger partial charge is 0.166 e. The highest BCUT2D eigenvalue weighted by Gasteiger charge is 2.09. The number of para-hydroxylation sites is 1. The van der Waals surface area contributed by atoms with E-state index in [-0.39, 0.29) is 116 Å². The molecule has 0 amide bonds. The normalized spacial score (nSPS) is 9.15. The van der Waals surface area contributed by atoms with Crippen molar-refractivity contribution in [3.63, 3.8) is 0 Å². The number of phenolic OH excluding ortho intramolecular Hbond substituents is 11. The van der Waals surface area contributed by atoms with Crippen LogP contribution in [0.15, 0.2) is 91.0 Å². The van der Waals surface area contributed by atoms with Crippen LogP contribution in [0.3, 0.4) is 0 Å². The summed E-state index contributed by atoms with van der Waals surface area (Å²) in [7, 11) is 0. The minimum Gasteiger partial charge on any atom is -0.508 e. The van der Waals surface area contributed by atoms with E-state index in [1.165, 1.54) is 62.4 Å². The van der Waals surface area contributed by atoms with E-state index in [2.05, 4.69) is 11.9 Å². The van der Waals surface area contributed by atoms with Gasteiger partial charge < -0.3 is 67.1 Å². The molecular formula is C42H51ClO18. The Kier molecular flexibility index (Phi) is 28.5. The van der Waals surface area contributed by atoms with E-state index in [0.717, 1.165) is 24.3 Å². The fourth-order valence-corrected chi connectivity index (χ4v) is 4.38. The maximum Gasteiger partial charge on any atom is 0.166 e. The van der Waals surface area contributed by atoms with Crippen LogP contribution in [0.1, 0.15) is 72.4 Å². The summed E-state index contributed by atoms with van der Waals surface area (Å²) in [5, 5.41) is 98.4. The minimum atomic E-state index is -0.255. The third-order valence-electron chi connectivity index (χ3n) is 7.14. The topological polar surface area (TPSA) is 374 Å². The van der Waals surface area contributed by atoms with Gasteiger partial charge in [-0.3, -0.25) is 23.8 Å². The fraction of sp³-hybridized carbons (Fsp3) is 0.190. The highest BCUT2D eigenvalue weighted by atomic mass is 35.5. The van der Waals surface area contributed by atoms with E-state index in [0.29, 0.717) is 29.5 Å². The molecule has 0 spiro atoms. The molecule has 0 bridgehead atoms. The van der Waals surface area contributed by atoms with Crippen LogP contribution < -0.4 is 0 Å².